The SMILES string of the molecule is Cc1nc(C(=O)N(c2ccc(NCCO[Si](C)(C)C(C)(C)C)cc2)c2ccc(Cl)cn2)c(C(N)=O)s1. The lowest BCUT2D eigenvalue weighted by atomic mass is 10.2. The lowest BCUT2D eigenvalue weighted by molar-refractivity contribution is 0.0966. The Hall–Kier alpha value is -2.79. The van der Waals surface area contributed by atoms with Gasteiger partial charge in [-0.1, -0.05) is 32.4 Å². The summed E-state index contributed by atoms with van der Waals surface area (Å²) in [4.78, 5) is 35.6. The number of hydrogen-bond acceptors (Lipinski definition) is 7. The van der Waals surface area contributed by atoms with Crippen molar-refractivity contribution < 1.29 is 14.0 Å². The predicted octanol–water partition coefficient (Wildman–Crippen LogP) is 6.01. The van der Waals surface area contributed by atoms with Crippen molar-refractivity contribution in [2.24, 2.45) is 5.73 Å². The van der Waals surface area contributed by atoms with E-state index in [1.165, 1.54) is 11.1 Å². The Labute approximate surface area is 222 Å². The molecule has 0 fully saturated rings. The van der Waals surface area contributed by atoms with Crippen molar-refractivity contribution in [2.75, 3.05) is 23.4 Å². The first-order valence-electron chi connectivity index (χ1n) is 11.5. The summed E-state index contributed by atoms with van der Waals surface area (Å²) < 4.78 is 6.22. The van der Waals surface area contributed by atoms with Gasteiger partial charge >= 0.3 is 0 Å². The average molecular weight is 546 g/mol. The Morgan fingerprint density at radius 3 is 2.39 bits per heavy atom. The van der Waals surface area contributed by atoms with Gasteiger partial charge in [-0.25, -0.2) is 9.97 Å². The van der Waals surface area contributed by atoms with Gasteiger partial charge in [0.2, 0.25) is 0 Å². The Kier molecular flexibility index (Phi) is 8.55. The first kappa shape index (κ1) is 27.8. The highest BCUT2D eigenvalue weighted by Gasteiger charge is 2.36. The molecule has 2 amide bonds. The van der Waals surface area contributed by atoms with Crippen LogP contribution in [0.2, 0.25) is 23.2 Å². The maximum atomic E-state index is 13.6. The molecule has 3 aromatic rings. The van der Waals surface area contributed by atoms with Crippen molar-refractivity contribution in [1.29, 1.82) is 0 Å². The Bertz CT molecular complexity index is 1220. The van der Waals surface area contributed by atoms with Crippen LogP contribution in [-0.2, 0) is 4.43 Å². The number of halogens is 1. The molecule has 192 valence electrons. The van der Waals surface area contributed by atoms with Crippen molar-refractivity contribution in [3.05, 3.63) is 63.2 Å². The number of nitrogens with two attached hydrogens (primary N) is 1. The van der Waals surface area contributed by atoms with E-state index in [-0.39, 0.29) is 15.6 Å². The summed E-state index contributed by atoms with van der Waals surface area (Å²) in [7, 11) is -1.80. The zero-order valence-corrected chi connectivity index (χ0v) is 24.0. The quantitative estimate of drug-likeness (QED) is 0.251. The number of nitrogens with zero attached hydrogens (tertiary/aromatic N) is 3. The molecule has 0 bridgehead atoms. The maximum Gasteiger partial charge on any atom is 0.284 e. The molecule has 0 saturated carbocycles. The molecule has 3 N–H and O–H groups in total. The molecule has 0 saturated heterocycles. The highest BCUT2D eigenvalue weighted by molar-refractivity contribution is 7.14. The number of aromatic nitrogens is 2. The zero-order chi connectivity index (χ0) is 26.7. The van der Waals surface area contributed by atoms with Crippen LogP contribution in [-0.4, -0.2) is 43.3 Å². The number of rotatable bonds is 9. The number of nitrogens with one attached hydrogen (secondary N) is 1. The van der Waals surface area contributed by atoms with Gasteiger partial charge < -0.3 is 15.5 Å². The highest BCUT2D eigenvalue weighted by atomic mass is 35.5. The van der Waals surface area contributed by atoms with Gasteiger partial charge in [0, 0.05) is 18.4 Å². The van der Waals surface area contributed by atoms with E-state index in [1.807, 2.05) is 12.1 Å². The number of thiazole rings is 1. The van der Waals surface area contributed by atoms with Gasteiger partial charge in [0.15, 0.2) is 14.0 Å². The molecule has 11 heteroatoms. The second kappa shape index (κ2) is 11.1. The molecule has 3 rings (SSSR count). The smallest absolute Gasteiger partial charge is 0.284 e. The molecule has 0 aliphatic heterocycles. The fourth-order valence-electron chi connectivity index (χ4n) is 3.15. The summed E-state index contributed by atoms with van der Waals surface area (Å²) in [6.45, 7) is 14.1. The van der Waals surface area contributed by atoms with Crippen molar-refractivity contribution in [1.82, 2.24) is 9.97 Å². The molecule has 0 unspecified atom stereocenters. The number of amides is 2. The molecule has 1 aromatic carbocycles. The van der Waals surface area contributed by atoms with Gasteiger partial charge in [0.1, 0.15) is 10.7 Å². The van der Waals surface area contributed by atoms with E-state index in [4.69, 9.17) is 21.8 Å². The van der Waals surface area contributed by atoms with Gasteiger partial charge in [-0.15, -0.1) is 11.3 Å². The Morgan fingerprint density at radius 2 is 1.83 bits per heavy atom. The van der Waals surface area contributed by atoms with E-state index < -0.39 is 20.1 Å². The average Bonchev–Trinajstić information content (AvgIpc) is 3.20. The molecule has 0 radical (unpaired) electrons. The van der Waals surface area contributed by atoms with E-state index >= 15 is 0 Å². The third-order valence-electron chi connectivity index (χ3n) is 6.13. The van der Waals surface area contributed by atoms with E-state index in [9.17, 15) is 9.59 Å². The molecule has 2 aromatic heterocycles. The van der Waals surface area contributed by atoms with Gasteiger partial charge in [0.05, 0.1) is 22.3 Å². The number of anilines is 3. The molecule has 0 aliphatic rings. The van der Waals surface area contributed by atoms with Crippen LogP contribution >= 0.6 is 22.9 Å². The zero-order valence-electron chi connectivity index (χ0n) is 21.4. The lowest BCUT2D eigenvalue weighted by Gasteiger charge is -2.36. The van der Waals surface area contributed by atoms with Gasteiger partial charge in [-0.05, 0) is 61.5 Å². The van der Waals surface area contributed by atoms with E-state index in [0.29, 0.717) is 34.7 Å². The molecular formula is C25H32ClN5O3SSi. The summed E-state index contributed by atoms with van der Waals surface area (Å²) in [6, 6.07) is 10.6. The number of benzene rings is 1. The van der Waals surface area contributed by atoms with Gasteiger partial charge in [-0.2, -0.15) is 0 Å². The summed E-state index contributed by atoms with van der Waals surface area (Å²) in [5, 5.41) is 4.52. The monoisotopic (exact) mass is 545 g/mol. The minimum atomic E-state index is -1.80. The second-order valence-corrected chi connectivity index (χ2v) is 16.3. The third kappa shape index (κ3) is 6.50. The van der Waals surface area contributed by atoms with Gasteiger partial charge in [0.25, 0.3) is 11.8 Å². The fourth-order valence-corrected chi connectivity index (χ4v) is 5.06. The Balaban J connectivity index is 1.82. The van der Waals surface area contributed by atoms with Crippen LogP contribution in [0, 0.1) is 6.92 Å². The van der Waals surface area contributed by atoms with Crippen molar-refractivity contribution in [3.8, 4) is 0 Å². The van der Waals surface area contributed by atoms with Crippen molar-refractivity contribution >= 4 is 60.3 Å². The second-order valence-electron chi connectivity index (χ2n) is 9.83. The Morgan fingerprint density at radius 1 is 1.17 bits per heavy atom. The topological polar surface area (TPSA) is 110 Å². The first-order valence-corrected chi connectivity index (χ1v) is 15.6. The molecular weight excluding hydrogens is 514 g/mol. The minimum Gasteiger partial charge on any atom is -0.415 e. The van der Waals surface area contributed by atoms with Crippen LogP contribution < -0.4 is 16.0 Å². The van der Waals surface area contributed by atoms with Crippen LogP contribution in [0.15, 0.2) is 42.6 Å². The van der Waals surface area contributed by atoms with Crippen molar-refractivity contribution in [2.45, 2.75) is 45.8 Å². The van der Waals surface area contributed by atoms with Crippen LogP contribution in [0.25, 0.3) is 0 Å². The molecule has 36 heavy (non-hydrogen) atoms. The standard InChI is InChI=1S/C25H32ClN5O3SSi/c1-16-30-21(22(35-16)23(27)32)24(33)31(20-12-7-17(26)15-29-20)19-10-8-18(9-11-19)28-13-14-34-36(5,6)25(2,3)4/h7-12,15,28H,13-14H2,1-6H3,(H2,27,32). The summed E-state index contributed by atoms with van der Waals surface area (Å²) in [5.74, 6) is -0.868. The van der Waals surface area contributed by atoms with Crippen LogP contribution in [0.3, 0.4) is 0 Å². The number of pyridine rings is 1. The summed E-state index contributed by atoms with van der Waals surface area (Å²) >= 11 is 7.09. The summed E-state index contributed by atoms with van der Waals surface area (Å²) in [6.07, 6.45) is 1.46. The third-order valence-corrected chi connectivity index (χ3v) is 11.9. The first-order chi connectivity index (χ1) is 16.8. The molecule has 0 aliphatic carbocycles. The van der Waals surface area contributed by atoms with Crippen LogP contribution in [0.5, 0.6) is 0 Å². The number of primary amides is 1. The highest BCUT2D eigenvalue weighted by Crippen LogP contribution is 2.36. The predicted molar refractivity (Wildman–Crippen MR) is 149 cm³/mol. The number of aryl methyl sites for hydroxylation is 1. The number of carbonyl (C=O) groups is 2. The van der Waals surface area contributed by atoms with E-state index in [1.54, 1.807) is 31.2 Å². The molecule has 8 nitrogen and oxygen atoms in total. The largest absolute Gasteiger partial charge is 0.415 e. The molecule has 2 heterocycles. The van der Waals surface area contributed by atoms with Crippen molar-refractivity contribution in [3.63, 3.8) is 0 Å². The fraction of sp³-hybridized carbons (Fsp3) is 0.360. The molecule has 0 spiro atoms. The van der Waals surface area contributed by atoms with Crippen LogP contribution in [0.4, 0.5) is 17.2 Å². The number of carbonyl (C=O) groups excluding carboxylic acids is 2. The number of hydrogen-bond donors (Lipinski definition) is 2. The molecule has 0 atom stereocenters. The lowest BCUT2D eigenvalue weighted by Crippen LogP contribution is -2.41. The normalized spacial score (nSPS) is 11.9. The summed E-state index contributed by atoms with van der Waals surface area (Å²) in [5.41, 5.74) is 6.94. The maximum absolute atomic E-state index is 13.6. The van der Waals surface area contributed by atoms with Gasteiger partial charge in [-0.3, -0.25) is 14.5 Å². The van der Waals surface area contributed by atoms with E-state index in [0.717, 1.165) is 17.0 Å². The van der Waals surface area contributed by atoms with E-state index in [2.05, 4.69) is 49.1 Å². The minimum absolute atomic E-state index is 0.00766. The van der Waals surface area contributed by atoms with Crippen LogP contribution in [0.1, 0.15) is 45.9 Å².